The molecule has 0 aromatic heterocycles. The predicted molar refractivity (Wildman–Crippen MR) is 124 cm³/mol. The lowest BCUT2D eigenvalue weighted by Gasteiger charge is -2.28. The van der Waals surface area contributed by atoms with Crippen LogP contribution in [0.25, 0.3) is 0 Å². The van der Waals surface area contributed by atoms with Crippen molar-refractivity contribution in [3.8, 4) is 0 Å². The minimum atomic E-state index is -0.652. The Labute approximate surface area is 190 Å². The lowest BCUT2D eigenvalue weighted by Crippen LogP contribution is -2.42. The van der Waals surface area contributed by atoms with Crippen molar-refractivity contribution in [3.05, 3.63) is 59.7 Å². The zero-order valence-corrected chi connectivity index (χ0v) is 18.8. The normalized spacial score (nSPS) is 20.7. The second-order valence-corrected chi connectivity index (χ2v) is 8.62. The smallest absolute Gasteiger partial charge is 0.232 e. The monoisotopic (exact) mass is 441 g/mol. The average Bonchev–Trinajstić information content (AvgIpc) is 3.05. The molecule has 3 N–H and O–H groups in total. The highest BCUT2D eigenvalue weighted by Gasteiger charge is 2.34. The third-order valence-electron chi connectivity index (χ3n) is 6.04. The first-order chi connectivity index (χ1) is 15.5. The fourth-order valence-corrected chi connectivity index (χ4v) is 4.15. The van der Waals surface area contributed by atoms with Crippen molar-refractivity contribution >= 4 is 11.8 Å². The molecule has 1 heterocycles. The van der Waals surface area contributed by atoms with Crippen molar-refractivity contribution < 1.29 is 19.8 Å². The molecule has 0 saturated carbocycles. The van der Waals surface area contributed by atoms with Crippen LogP contribution in [-0.2, 0) is 9.59 Å². The number of benzene rings is 1. The number of likely N-dealkylation sites (tertiary alicyclic amines) is 1. The molecule has 1 saturated heterocycles. The van der Waals surface area contributed by atoms with Crippen molar-refractivity contribution in [3.63, 3.8) is 0 Å². The molecule has 174 valence electrons. The van der Waals surface area contributed by atoms with E-state index in [0.717, 1.165) is 24.0 Å². The van der Waals surface area contributed by atoms with Crippen LogP contribution in [0.5, 0.6) is 0 Å². The van der Waals surface area contributed by atoms with E-state index in [0.29, 0.717) is 45.7 Å². The van der Waals surface area contributed by atoms with E-state index in [9.17, 15) is 19.8 Å². The number of amides is 2. The van der Waals surface area contributed by atoms with Crippen LogP contribution in [-0.4, -0.2) is 77.2 Å². The van der Waals surface area contributed by atoms with Gasteiger partial charge in [0.05, 0.1) is 12.2 Å². The fraction of sp³-hybridized carbons (Fsp3) is 0.520. The molecule has 1 fully saturated rings. The minimum Gasteiger partial charge on any atom is -0.387 e. The van der Waals surface area contributed by atoms with Crippen LogP contribution in [0.15, 0.2) is 54.1 Å². The number of nitrogens with zero attached hydrogens (tertiary/aromatic N) is 2. The van der Waals surface area contributed by atoms with E-state index in [-0.39, 0.29) is 17.7 Å². The van der Waals surface area contributed by atoms with E-state index in [1.807, 2.05) is 41.3 Å². The topological polar surface area (TPSA) is 93.1 Å². The summed E-state index contributed by atoms with van der Waals surface area (Å²) in [5.41, 5.74) is 1.76. The summed E-state index contributed by atoms with van der Waals surface area (Å²) < 4.78 is 0. The van der Waals surface area contributed by atoms with Gasteiger partial charge >= 0.3 is 0 Å². The third kappa shape index (κ3) is 6.84. The van der Waals surface area contributed by atoms with Crippen molar-refractivity contribution in [2.75, 3.05) is 39.3 Å². The molecule has 1 aliphatic carbocycles. The van der Waals surface area contributed by atoms with E-state index in [1.165, 1.54) is 4.90 Å². The van der Waals surface area contributed by atoms with Crippen LogP contribution < -0.4 is 5.32 Å². The summed E-state index contributed by atoms with van der Waals surface area (Å²) >= 11 is 0. The molecule has 3 atom stereocenters. The van der Waals surface area contributed by atoms with Crippen LogP contribution in [0.2, 0.25) is 0 Å². The van der Waals surface area contributed by atoms with Gasteiger partial charge in [0.1, 0.15) is 0 Å². The van der Waals surface area contributed by atoms with Gasteiger partial charge in [-0.15, -0.1) is 0 Å². The highest BCUT2D eigenvalue weighted by Crippen LogP contribution is 2.19. The number of aliphatic hydroxyl groups is 2. The van der Waals surface area contributed by atoms with Crippen LogP contribution in [0.3, 0.4) is 0 Å². The average molecular weight is 442 g/mol. The van der Waals surface area contributed by atoms with Crippen LogP contribution in [0.4, 0.5) is 0 Å². The first-order valence-corrected chi connectivity index (χ1v) is 11.5. The van der Waals surface area contributed by atoms with Gasteiger partial charge in [-0.05, 0) is 24.0 Å². The molecule has 32 heavy (non-hydrogen) atoms. The Hall–Kier alpha value is -2.32. The molecule has 2 aliphatic rings. The first kappa shape index (κ1) is 24.3. The van der Waals surface area contributed by atoms with Gasteiger partial charge in [-0.2, -0.15) is 0 Å². The second-order valence-electron chi connectivity index (χ2n) is 8.62. The molecule has 0 bridgehead atoms. The summed E-state index contributed by atoms with van der Waals surface area (Å²) in [6.45, 7) is 4.74. The maximum atomic E-state index is 12.0. The summed E-state index contributed by atoms with van der Waals surface area (Å²) in [5, 5.41) is 24.7. The quantitative estimate of drug-likeness (QED) is 0.337. The molecule has 3 unspecified atom stereocenters. The highest BCUT2D eigenvalue weighted by atomic mass is 16.3. The first-order valence-electron chi connectivity index (χ1n) is 11.5. The molecule has 7 nitrogen and oxygen atoms in total. The summed E-state index contributed by atoms with van der Waals surface area (Å²) in [5.74, 6) is -0.419. The van der Waals surface area contributed by atoms with E-state index in [1.54, 1.807) is 6.92 Å². The molecule has 0 spiro atoms. The van der Waals surface area contributed by atoms with Crippen molar-refractivity contribution in [2.45, 2.75) is 38.4 Å². The number of carbonyl (C=O) groups is 2. The lowest BCUT2D eigenvalue weighted by atomic mass is 10.0. The number of allylic oxidation sites excluding steroid dienone is 2. The van der Waals surface area contributed by atoms with Crippen LogP contribution in [0.1, 0.15) is 37.9 Å². The van der Waals surface area contributed by atoms with Gasteiger partial charge in [-0.25, -0.2) is 0 Å². The van der Waals surface area contributed by atoms with Gasteiger partial charge in [0.25, 0.3) is 0 Å². The second kappa shape index (κ2) is 12.1. The Balaban J connectivity index is 1.50. The Morgan fingerprint density at radius 3 is 2.50 bits per heavy atom. The van der Waals surface area contributed by atoms with Gasteiger partial charge < -0.3 is 15.5 Å². The SMILES string of the molecule is CC1CC(=O)N(CCNCCN(CC(O)C2=CCCC=C2)CC(O)c2ccccc2)C1=O. The lowest BCUT2D eigenvalue weighted by molar-refractivity contribution is -0.139. The zero-order chi connectivity index (χ0) is 22.9. The van der Waals surface area contributed by atoms with Crippen LogP contribution >= 0.6 is 0 Å². The predicted octanol–water partition coefficient (Wildman–Crippen LogP) is 1.64. The summed E-state index contributed by atoms with van der Waals surface area (Å²) in [4.78, 5) is 27.3. The van der Waals surface area contributed by atoms with Crippen LogP contribution in [0, 0.1) is 5.92 Å². The highest BCUT2D eigenvalue weighted by molar-refractivity contribution is 6.03. The third-order valence-corrected chi connectivity index (χ3v) is 6.04. The Kier molecular flexibility index (Phi) is 9.17. The van der Waals surface area contributed by atoms with E-state index < -0.39 is 12.2 Å². The molecular formula is C25H35N3O4. The fourth-order valence-electron chi connectivity index (χ4n) is 4.15. The maximum absolute atomic E-state index is 12.0. The standard InChI is InChI=1S/C25H35N3O4/c1-19-16-24(31)28(25(19)32)15-13-26-12-14-27(17-22(29)20-8-4-2-5-9-20)18-23(30)21-10-6-3-7-11-21/h2,4-6,8-11,19,22-23,26,29-30H,3,7,12-18H2,1H3. The number of rotatable bonds is 12. The zero-order valence-electron chi connectivity index (χ0n) is 18.8. The van der Waals surface area contributed by atoms with E-state index >= 15 is 0 Å². The summed E-state index contributed by atoms with van der Waals surface area (Å²) in [7, 11) is 0. The number of imide groups is 1. The van der Waals surface area contributed by atoms with Gasteiger partial charge in [-0.1, -0.05) is 55.5 Å². The van der Waals surface area contributed by atoms with E-state index in [2.05, 4.69) is 17.5 Å². The van der Waals surface area contributed by atoms with E-state index in [4.69, 9.17) is 0 Å². The number of hydrogen-bond donors (Lipinski definition) is 3. The number of aliphatic hydroxyl groups excluding tert-OH is 2. The molecular weight excluding hydrogens is 406 g/mol. The maximum Gasteiger partial charge on any atom is 0.232 e. The van der Waals surface area contributed by atoms with Gasteiger partial charge in [0.2, 0.25) is 11.8 Å². The molecule has 0 radical (unpaired) electrons. The van der Waals surface area contributed by atoms with Gasteiger partial charge in [0.15, 0.2) is 0 Å². The van der Waals surface area contributed by atoms with Gasteiger partial charge in [-0.3, -0.25) is 19.4 Å². The largest absolute Gasteiger partial charge is 0.387 e. The summed E-state index contributed by atoms with van der Waals surface area (Å²) in [6.07, 6.45) is 7.08. The summed E-state index contributed by atoms with van der Waals surface area (Å²) in [6, 6.07) is 9.52. The number of nitrogens with one attached hydrogen (secondary N) is 1. The number of carbonyl (C=O) groups excluding carboxylic acids is 2. The number of hydrogen-bond acceptors (Lipinski definition) is 6. The Morgan fingerprint density at radius 1 is 1.09 bits per heavy atom. The molecule has 1 aromatic carbocycles. The van der Waals surface area contributed by atoms with Crippen molar-refractivity contribution in [2.24, 2.45) is 5.92 Å². The Morgan fingerprint density at radius 2 is 1.84 bits per heavy atom. The molecule has 1 aliphatic heterocycles. The Bertz CT molecular complexity index is 824. The molecule has 3 rings (SSSR count). The molecule has 7 heteroatoms. The van der Waals surface area contributed by atoms with Crippen molar-refractivity contribution in [1.29, 1.82) is 0 Å². The molecule has 2 amide bonds. The molecule has 1 aromatic rings. The van der Waals surface area contributed by atoms with Crippen molar-refractivity contribution in [1.82, 2.24) is 15.1 Å². The minimum absolute atomic E-state index is 0.0960. The van der Waals surface area contributed by atoms with Gasteiger partial charge in [0, 0.05) is 51.6 Å².